The third-order valence-electron chi connectivity index (χ3n) is 4.76. The molecule has 0 atom stereocenters. The van der Waals surface area contributed by atoms with E-state index in [1.807, 2.05) is 6.92 Å². The number of hydrogen-bond acceptors (Lipinski definition) is 1. The third-order valence-corrected chi connectivity index (χ3v) is 4.76. The number of hydrogen-bond donors (Lipinski definition) is 0. The Balaban J connectivity index is 1.97. The molecular weight excluding hydrogens is 306 g/mol. The van der Waals surface area contributed by atoms with Crippen molar-refractivity contribution in [1.29, 1.82) is 0 Å². The van der Waals surface area contributed by atoms with E-state index in [-0.39, 0.29) is 11.3 Å². The van der Waals surface area contributed by atoms with E-state index >= 15 is 0 Å². The van der Waals surface area contributed by atoms with Gasteiger partial charge in [-0.05, 0) is 50.2 Å². The van der Waals surface area contributed by atoms with Gasteiger partial charge in [0.15, 0.2) is 11.6 Å². The maximum absolute atomic E-state index is 14.1. The van der Waals surface area contributed by atoms with Gasteiger partial charge in [0.2, 0.25) is 5.82 Å². The molecule has 0 aliphatic heterocycles. The lowest BCUT2D eigenvalue weighted by molar-refractivity contribution is 0.288. The van der Waals surface area contributed by atoms with Crippen LogP contribution in [0.2, 0.25) is 0 Å². The first-order valence-corrected chi connectivity index (χ1v) is 9.28. The fourth-order valence-electron chi connectivity index (χ4n) is 3.25. The number of unbranched alkanes of at least 4 members (excludes halogenated alkanes) is 1. The van der Waals surface area contributed by atoms with Crippen LogP contribution >= 0.6 is 0 Å². The molecule has 0 heterocycles. The predicted octanol–water partition coefficient (Wildman–Crippen LogP) is 6.10. The molecule has 0 unspecified atom stereocenters. The van der Waals surface area contributed by atoms with Crippen LogP contribution in [0.5, 0.6) is 5.75 Å². The van der Waals surface area contributed by atoms with E-state index in [0.717, 1.165) is 31.6 Å². The monoisotopic (exact) mass is 334 g/mol. The second-order valence-corrected chi connectivity index (χ2v) is 6.72. The van der Waals surface area contributed by atoms with Crippen molar-refractivity contribution in [2.45, 2.75) is 65.2 Å². The Labute approximate surface area is 144 Å². The molecule has 132 valence electrons. The molecule has 0 bridgehead atoms. The summed E-state index contributed by atoms with van der Waals surface area (Å²) in [4.78, 5) is 0. The summed E-state index contributed by atoms with van der Waals surface area (Å²) in [5, 5.41) is 0. The average Bonchev–Trinajstić information content (AvgIpc) is 2.60. The van der Waals surface area contributed by atoms with E-state index in [1.165, 1.54) is 37.8 Å². The molecule has 0 amide bonds. The number of rotatable bonds is 6. The molecule has 0 N–H and O–H groups in total. The zero-order chi connectivity index (χ0) is 17.4. The minimum atomic E-state index is -0.926. The van der Waals surface area contributed by atoms with Crippen LogP contribution in [0, 0.1) is 35.3 Å². The van der Waals surface area contributed by atoms with Crippen molar-refractivity contribution in [2.24, 2.45) is 11.8 Å². The van der Waals surface area contributed by atoms with Crippen LogP contribution in [0.15, 0.2) is 12.1 Å². The smallest absolute Gasteiger partial charge is 0.201 e. The zero-order valence-corrected chi connectivity index (χ0v) is 14.8. The van der Waals surface area contributed by atoms with Gasteiger partial charge in [0.1, 0.15) is 0 Å². The molecule has 24 heavy (non-hydrogen) atoms. The lowest BCUT2D eigenvalue weighted by atomic mass is 9.80. The van der Waals surface area contributed by atoms with Crippen LogP contribution in [0.4, 0.5) is 8.78 Å². The number of halogens is 2. The normalized spacial score (nSPS) is 20.3. The summed E-state index contributed by atoms with van der Waals surface area (Å²) in [6.07, 6.45) is 8.84. The van der Waals surface area contributed by atoms with Gasteiger partial charge in [0, 0.05) is 5.92 Å². The van der Waals surface area contributed by atoms with Crippen LogP contribution in [0.1, 0.15) is 70.8 Å². The second-order valence-electron chi connectivity index (χ2n) is 6.72. The van der Waals surface area contributed by atoms with Crippen molar-refractivity contribution in [3.8, 4) is 17.6 Å². The Morgan fingerprint density at radius 1 is 1.04 bits per heavy atom. The Morgan fingerprint density at radius 3 is 2.46 bits per heavy atom. The highest BCUT2D eigenvalue weighted by molar-refractivity contribution is 5.41. The van der Waals surface area contributed by atoms with Crippen molar-refractivity contribution in [3.05, 3.63) is 29.3 Å². The lowest BCUT2D eigenvalue weighted by Gasteiger charge is -2.25. The molecular formula is C21H28F2O. The summed E-state index contributed by atoms with van der Waals surface area (Å²) in [7, 11) is 0. The minimum absolute atomic E-state index is 0.0217. The van der Waals surface area contributed by atoms with Gasteiger partial charge in [0.25, 0.3) is 0 Å². The summed E-state index contributed by atoms with van der Waals surface area (Å²) in [5.41, 5.74) is 0.131. The molecule has 1 aromatic carbocycles. The largest absolute Gasteiger partial charge is 0.490 e. The van der Waals surface area contributed by atoms with E-state index in [9.17, 15) is 8.78 Å². The minimum Gasteiger partial charge on any atom is -0.490 e. The second kappa shape index (κ2) is 9.67. The summed E-state index contributed by atoms with van der Waals surface area (Å²) < 4.78 is 33.4. The number of benzene rings is 1. The molecule has 1 aromatic rings. The van der Waals surface area contributed by atoms with Gasteiger partial charge in [-0.2, -0.15) is 4.39 Å². The topological polar surface area (TPSA) is 9.23 Å². The van der Waals surface area contributed by atoms with Crippen LogP contribution in [0.3, 0.4) is 0 Å². The van der Waals surface area contributed by atoms with Gasteiger partial charge in [-0.15, -0.1) is 0 Å². The van der Waals surface area contributed by atoms with Gasteiger partial charge >= 0.3 is 0 Å². The Kier molecular flexibility index (Phi) is 7.56. The quantitative estimate of drug-likeness (QED) is 0.451. The van der Waals surface area contributed by atoms with Gasteiger partial charge in [-0.1, -0.05) is 45.0 Å². The van der Waals surface area contributed by atoms with Crippen LogP contribution in [-0.4, -0.2) is 6.61 Å². The molecule has 1 saturated carbocycles. The molecule has 0 spiro atoms. The summed E-state index contributed by atoms with van der Waals surface area (Å²) in [6.45, 7) is 4.65. The Morgan fingerprint density at radius 2 is 1.79 bits per heavy atom. The lowest BCUT2D eigenvalue weighted by Crippen LogP contribution is -2.13. The molecule has 0 aromatic heterocycles. The van der Waals surface area contributed by atoms with Crippen molar-refractivity contribution >= 4 is 0 Å². The first-order chi connectivity index (χ1) is 11.7. The van der Waals surface area contributed by atoms with E-state index in [0.29, 0.717) is 12.5 Å². The van der Waals surface area contributed by atoms with Gasteiger partial charge in [-0.25, -0.2) is 4.39 Å². The van der Waals surface area contributed by atoms with Crippen molar-refractivity contribution in [1.82, 2.24) is 0 Å². The Hall–Kier alpha value is -1.56. The van der Waals surface area contributed by atoms with Gasteiger partial charge < -0.3 is 4.74 Å². The third kappa shape index (κ3) is 5.23. The first-order valence-electron chi connectivity index (χ1n) is 9.28. The molecule has 1 aliphatic rings. The predicted molar refractivity (Wildman–Crippen MR) is 94.0 cm³/mol. The molecule has 2 rings (SSSR count). The van der Waals surface area contributed by atoms with E-state index in [1.54, 1.807) is 0 Å². The standard InChI is InChI=1S/C21H28F2O/c1-3-5-15-24-19-14-13-18(20(22)21(19)23)12-11-17-9-7-16(6-4-2)8-10-17/h13-14,16-17H,3-10,15H2,1-2H3/t16-,17-. The maximum atomic E-state index is 14.1. The van der Waals surface area contributed by atoms with Gasteiger partial charge in [0.05, 0.1) is 12.2 Å². The van der Waals surface area contributed by atoms with E-state index < -0.39 is 11.6 Å². The molecule has 1 fully saturated rings. The van der Waals surface area contributed by atoms with Crippen molar-refractivity contribution in [3.63, 3.8) is 0 Å². The highest BCUT2D eigenvalue weighted by Crippen LogP contribution is 2.31. The van der Waals surface area contributed by atoms with Gasteiger partial charge in [-0.3, -0.25) is 0 Å². The summed E-state index contributed by atoms with van der Waals surface area (Å²) in [6, 6.07) is 3.01. The highest BCUT2D eigenvalue weighted by Gasteiger charge is 2.19. The van der Waals surface area contributed by atoms with Crippen LogP contribution < -0.4 is 4.74 Å². The molecule has 1 nitrogen and oxygen atoms in total. The van der Waals surface area contributed by atoms with E-state index in [4.69, 9.17) is 4.74 Å². The van der Waals surface area contributed by atoms with Crippen LogP contribution in [-0.2, 0) is 0 Å². The van der Waals surface area contributed by atoms with E-state index in [2.05, 4.69) is 18.8 Å². The summed E-state index contributed by atoms with van der Waals surface area (Å²) >= 11 is 0. The van der Waals surface area contributed by atoms with Crippen molar-refractivity contribution in [2.75, 3.05) is 6.61 Å². The molecule has 0 saturated heterocycles. The SMILES string of the molecule is CCCCOc1ccc(C#C[C@H]2CC[C@H](CCC)CC2)c(F)c1F. The fraction of sp³-hybridized carbons (Fsp3) is 0.619. The maximum Gasteiger partial charge on any atom is 0.201 e. The highest BCUT2D eigenvalue weighted by atomic mass is 19.2. The van der Waals surface area contributed by atoms with Crippen molar-refractivity contribution < 1.29 is 13.5 Å². The number of ether oxygens (including phenoxy) is 1. The first kappa shape index (κ1) is 18.8. The summed E-state index contributed by atoms with van der Waals surface area (Å²) in [5.74, 6) is 5.27. The molecule has 1 aliphatic carbocycles. The molecule has 0 radical (unpaired) electrons. The zero-order valence-electron chi connectivity index (χ0n) is 14.8. The average molecular weight is 334 g/mol. The molecule has 3 heteroatoms. The fourth-order valence-corrected chi connectivity index (χ4v) is 3.25. The Bertz CT molecular complexity index is 577. The van der Waals surface area contributed by atoms with Crippen LogP contribution in [0.25, 0.3) is 0 Å².